The quantitative estimate of drug-likeness (QED) is 0.145. The van der Waals surface area contributed by atoms with Crippen molar-refractivity contribution in [2.24, 2.45) is 0 Å². The summed E-state index contributed by atoms with van der Waals surface area (Å²) in [6, 6.07) is 35.5. The molecule has 0 saturated heterocycles. The van der Waals surface area contributed by atoms with Gasteiger partial charge in [-0.2, -0.15) is 0 Å². The second-order valence-corrected chi connectivity index (χ2v) is 11.7. The molecule has 7 aromatic rings. The van der Waals surface area contributed by atoms with Crippen LogP contribution < -0.4 is 15.7 Å². The standard InChI is InChI=1S/C32H25P.C7H7F.C2H2/c1-4-21-15-17-27-28(18-16-25-10-9-20(3)29(21)32(25)27)33-19-26-14-13-24-8-6-7-23-12-11-22(5-2)30(26)31(23)24;1-6-2-4-7(8)5-3-6;1-2/h4-18,33H,1,3,19H2,2H3;2-5H,1H3;1-2H/b22-5-;;. The summed E-state index contributed by atoms with van der Waals surface area (Å²) in [5.74, 6) is -0.171. The maximum absolute atomic E-state index is 12.1. The molecule has 1 unspecified atom stereocenters. The minimum Gasteiger partial charge on any atom is -0.207 e. The second kappa shape index (κ2) is 13.0. The molecule has 1 atom stereocenters. The lowest BCUT2D eigenvalue weighted by molar-refractivity contribution is 0.627. The van der Waals surface area contributed by atoms with Crippen LogP contribution in [-0.4, -0.2) is 0 Å². The van der Waals surface area contributed by atoms with Crippen LogP contribution in [0.5, 0.6) is 0 Å². The summed E-state index contributed by atoms with van der Waals surface area (Å²) in [7, 11) is 0.695. The molecule has 0 aliphatic rings. The monoisotopic (exact) mass is 576 g/mol. The highest BCUT2D eigenvalue weighted by molar-refractivity contribution is 7.47. The van der Waals surface area contributed by atoms with Crippen molar-refractivity contribution in [2.75, 3.05) is 0 Å². The van der Waals surface area contributed by atoms with Crippen LogP contribution in [0.2, 0.25) is 0 Å². The van der Waals surface area contributed by atoms with Gasteiger partial charge in [0.05, 0.1) is 0 Å². The zero-order valence-corrected chi connectivity index (χ0v) is 25.6. The van der Waals surface area contributed by atoms with Crippen LogP contribution in [0.3, 0.4) is 0 Å². The predicted molar refractivity (Wildman–Crippen MR) is 192 cm³/mol. The molecule has 0 aromatic heterocycles. The molecule has 0 radical (unpaired) electrons. The van der Waals surface area contributed by atoms with Crippen LogP contribution in [0.15, 0.2) is 110 Å². The average molecular weight is 577 g/mol. The molecule has 7 rings (SSSR count). The number of hydrogen-bond acceptors (Lipinski definition) is 0. The van der Waals surface area contributed by atoms with Gasteiger partial charge in [0.2, 0.25) is 0 Å². The van der Waals surface area contributed by atoms with Gasteiger partial charge in [0, 0.05) is 0 Å². The second-order valence-electron chi connectivity index (χ2n) is 10.5. The van der Waals surface area contributed by atoms with Crippen molar-refractivity contribution in [1.82, 2.24) is 0 Å². The van der Waals surface area contributed by atoms with E-state index in [2.05, 4.69) is 118 Å². The van der Waals surface area contributed by atoms with Crippen molar-refractivity contribution in [3.05, 3.63) is 143 Å². The molecule has 210 valence electrons. The van der Waals surface area contributed by atoms with Gasteiger partial charge in [-0.05, 0) is 102 Å². The van der Waals surface area contributed by atoms with Gasteiger partial charge in [-0.15, -0.1) is 12.8 Å². The van der Waals surface area contributed by atoms with Crippen LogP contribution in [0.25, 0.3) is 61.8 Å². The van der Waals surface area contributed by atoms with Crippen LogP contribution in [0, 0.1) is 25.6 Å². The minimum absolute atomic E-state index is 0.171. The maximum Gasteiger partial charge on any atom is 0.123 e. The lowest BCUT2D eigenvalue weighted by Crippen LogP contribution is -2.07. The van der Waals surface area contributed by atoms with E-state index >= 15 is 0 Å². The largest absolute Gasteiger partial charge is 0.207 e. The summed E-state index contributed by atoms with van der Waals surface area (Å²) in [4.78, 5) is 0. The van der Waals surface area contributed by atoms with Crippen LogP contribution >= 0.6 is 8.58 Å². The number of aryl methyl sites for hydroxylation is 1. The Morgan fingerprint density at radius 2 is 1.37 bits per heavy atom. The van der Waals surface area contributed by atoms with E-state index in [0.717, 1.165) is 22.5 Å². The van der Waals surface area contributed by atoms with Gasteiger partial charge in [-0.1, -0.05) is 130 Å². The van der Waals surface area contributed by atoms with Gasteiger partial charge in [0.1, 0.15) is 5.82 Å². The van der Waals surface area contributed by atoms with Crippen molar-refractivity contribution in [2.45, 2.75) is 20.0 Å². The molecule has 0 fully saturated rings. The minimum atomic E-state index is -0.171. The van der Waals surface area contributed by atoms with E-state index in [-0.39, 0.29) is 5.82 Å². The molecule has 0 amide bonds. The Balaban J connectivity index is 0.000000317. The van der Waals surface area contributed by atoms with Gasteiger partial charge in [0.25, 0.3) is 0 Å². The fourth-order valence-electron chi connectivity index (χ4n) is 5.87. The summed E-state index contributed by atoms with van der Waals surface area (Å²) in [6.07, 6.45) is 13.2. The third-order valence-corrected chi connectivity index (χ3v) is 9.31. The molecular weight excluding hydrogens is 542 g/mol. The molecular formula is C41H34FP. The van der Waals surface area contributed by atoms with E-state index in [1.807, 2.05) is 13.0 Å². The SMILES string of the molecule is C#C.C=Cc1ccc2c(PCc3ccc4cccc5cc/c(=C/C)c3c45)ccc3ccc(=C)c1c32.Cc1ccc(F)cc1. The fraction of sp³-hybridized carbons (Fsp3) is 0.0732. The van der Waals surface area contributed by atoms with E-state index in [9.17, 15) is 4.39 Å². The predicted octanol–water partition coefficient (Wildman–Crippen LogP) is 9.48. The smallest absolute Gasteiger partial charge is 0.123 e. The lowest BCUT2D eigenvalue weighted by atomic mass is 9.95. The first-order chi connectivity index (χ1) is 21.0. The van der Waals surface area contributed by atoms with Crippen LogP contribution in [-0.2, 0) is 6.16 Å². The normalized spacial score (nSPS) is 11.6. The van der Waals surface area contributed by atoms with Gasteiger partial charge in [0.15, 0.2) is 0 Å². The molecule has 0 nitrogen and oxygen atoms in total. The van der Waals surface area contributed by atoms with E-state index < -0.39 is 0 Å². The number of benzene rings is 7. The molecule has 0 aliphatic heterocycles. The molecule has 0 aliphatic carbocycles. The Morgan fingerprint density at radius 1 is 0.721 bits per heavy atom. The van der Waals surface area contributed by atoms with Crippen LogP contribution in [0.4, 0.5) is 4.39 Å². The van der Waals surface area contributed by atoms with E-state index in [1.54, 1.807) is 12.1 Å². The van der Waals surface area contributed by atoms with E-state index in [1.165, 1.54) is 71.3 Å². The number of hydrogen-bond donors (Lipinski definition) is 0. The zero-order chi connectivity index (χ0) is 30.5. The first-order valence-electron chi connectivity index (χ1n) is 14.3. The Hall–Kier alpha value is -4.76. The lowest BCUT2D eigenvalue weighted by Gasteiger charge is -2.15. The molecule has 0 heterocycles. The highest BCUT2D eigenvalue weighted by Crippen LogP contribution is 2.34. The van der Waals surface area contributed by atoms with Gasteiger partial charge in [-0.25, -0.2) is 4.39 Å². The Morgan fingerprint density at radius 3 is 2.05 bits per heavy atom. The average Bonchev–Trinajstić information content (AvgIpc) is 3.05. The Labute approximate surface area is 255 Å². The summed E-state index contributed by atoms with van der Waals surface area (Å²) < 4.78 is 12.1. The van der Waals surface area contributed by atoms with Crippen molar-refractivity contribution < 1.29 is 4.39 Å². The highest BCUT2D eigenvalue weighted by atomic mass is 31.1. The van der Waals surface area contributed by atoms with Gasteiger partial charge < -0.3 is 0 Å². The van der Waals surface area contributed by atoms with E-state index in [0.29, 0.717) is 8.58 Å². The van der Waals surface area contributed by atoms with Crippen LogP contribution in [0.1, 0.15) is 23.6 Å². The molecule has 0 spiro atoms. The summed E-state index contributed by atoms with van der Waals surface area (Å²) >= 11 is 0. The molecule has 43 heavy (non-hydrogen) atoms. The maximum atomic E-state index is 12.1. The molecule has 0 N–H and O–H groups in total. The number of terminal acetylenes is 1. The molecule has 7 aromatic carbocycles. The zero-order valence-electron chi connectivity index (χ0n) is 24.6. The molecule has 0 saturated carbocycles. The van der Waals surface area contributed by atoms with Crippen molar-refractivity contribution in [1.29, 1.82) is 0 Å². The first kappa shape index (κ1) is 29.7. The van der Waals surface area contributed by atoms with Gasteiger partial charge in [-0.3, -0.25) is 0 Å². The van der Waals surface area contributed by atoms with Crippen molar-refractivity contribution >= 4 is 75.7 Å². The summed E-state index contributed by atoms with van der Waals surface area (Å²) in [5.41, 5.74) is 3.68. The third kappa shape index (κ3) is 5.81. The molecule has 0 bridgehead atoms. The van der Waals surface area contributed by atoms with Gasteiger partial charge >= 0.3 is 0 Å². The summed E-state index contributed by atoms with van der Waals surface area (Å²) in [6.45, 7) is 12.4. The van der Waals surface area contributed by atoms with Crippen molar-refractivity contribution in [3.63, 3.8) is 0 Å². The first-order valence-corrected chi connectivity index (χ1v) is 15.5. The highest BCUT2D eigenvalue weighted by Gasteiger charge is 2.12. The molecule has 2 heteroatoms. The number of halogens is 1. The third-order valence-electron chi connectivity index (χ3n) is 7.94. The Kier molecular flexibility index (Phi) is 9.01. The van der Waals surface area contributed by atoms with Crippen molar-refractivity contribution in [3.8, 4) is 12.8 Å². The number of rotatable bonds is 4. The Bertz CT molecular complexity index is 2170. The topological polar surface area (TPSA) is 0 Å². The van der Waals surface area contributed by atoms with E-state index in [4.69, 9.17) is 0 Å². The summed E-state index contributed by atoms with van der Waals surface area (Å²) in [5, 5.41) is 14.4. The fourth-order valence-corrected chi connectivity index (χ4v) is 7.14.